The first-order valence-electron chi connectivity index (χ1n) is 3.77. The van der Waals surface area contributed by atoms with Crippen molar-refractivity contribution in [3.05, 3.63) is 24.3 Å². The molecule has 0 aromatic heterocycles. The van der Waals surface area contributed by atoms with E-state index in [1.54, 1.807) is 0 Å². The van der Waals surface area contributed by atoms with Crippen LogP contribution in [0.2, 0.25) is 0 Å². The molecule has 15 heavy (non-hydrogen) atoms. The van der Waals surface area contributed by atoms with Crippen LogP contribution in [0.5, 0.6) is 0 Å². The third-order valence-electron chi connectivity index (χ3n) is 1.04. The molecule has 0 aromatic rings. The maximum atomic E-state index is 11.5. The van der Waals surface area contributed by atoms with Crippen molar-refractivity contribution in [2.75, 3.05) is 13.2 Å². The van der Waals surface area contributed by atoms with Crippen LogP contribution >= 0.6 is 0 Å². The fourth-order valence-electron chi connectivity index (χ4n) is 0.568. The van der Waals surface area contributed by atoms with Crippen molar-refractivity contribution in [1.29, 1.82) is 0 Å². The van der Waals surface area contributed by atoms with Crippen molar-refractivity contribution in [3.63, 3.8) is 0 Å². The average molecular weight is 234 g/mol. The van der Waals surface area contributed by atoms with Crippen molar-refractivity contribution >= 4 is 0 Å². The van der Waals surface area contributed by atoms with Gasteiger partial charge in [-0.15, -0.1) is 0 Å². The molecular formula is C8H8F6O. The summed E-state index contributed by atoms with van der Waals surface area (Å²) >= 11 is 0. The Labute approximate surface area is 82.0 Å². The first kappa shape index (κ1) is 14.0. The minimum Gasteiger partial charge on any atom is -0.373 e. The number of alkyl halides is 6. The smallest absolute Gasteiger partial charge is 0.373 e. The van der Waals surface area contributed by atoms with Gasteiger partial charge in [0.15, 0.2) is 0 Å². The Morgan fingerprint density at radius 3 is 1.33 bits per heavy atom. The second-order valence-electron chi connectivity index (χ2n) is 2.43. The highest BCUT2D eigenvalue weighted by molar-refractivity contribution is 4.90. The van der Waals surface area contributed by atoms with Gasteiger partial charge < -0.3 is 4.74 Å². The molecule has 0 amide bonds. The molecule has 0 saturated heterocycles. The third-order valence-corrected chi connectivity index (χ3v) is 1.04. The summed E-state index contributed by atoms with van der Waals surface area (Å²) in [6.07, 6.45) is -7.57. The summed E-state index contributed by atoms with van der Waals surface area (Å²) in [7, 11) is 0. The summed E-state index contributed by atoms with van der Waals surface area (Å²) in [5.74, 6) is 0. The Hall–Kier alpha value is -0.980. The summed E-state index contributed by atoms with van der Waals surface area (Å²) in [6.45, 7) is -0.774. The number of halogens is 6. The van der Waals surface area contributed by atoms with E-state index in [2.05, 4.69) is 4.74 Å². The Bertz CT molecular complexity index is 200. The molecule has 0 unspecified atom stereocenters. The molecule has 0 spiro atoms. The standard InChI is InChI=1S/C8H8F6O/c9-7(10,11)3-1-5-15-6-2-4-8(12,13)14/h1-4H,5-6H2. The zero-order chi connectivity index (χ0) is 11.9. The lowest BCUT2D eigenvalue weighted by molar-refractivity contribution is -0.0808. The number of hydrogen-bond donors (Lipinski definition) is 0. The maximum Gasteiger partial charge on any atom is 0.409 e. The largest absolute Gasteiger partial charge is 0.409 e. The molecule has 0 aliphatic heterocycles. The summed E-state index contributed by atoms with van der Waals surface area (Å²) in [5, 5.41) is 0. The van der Waals surface area contributed by atoms with Crippen LogP contribution in [0.15, 0.2) is 24.3 Å². The van der Waals surface area contributed by atoms with Gasteiger partial charge in [0.2, 0.25) is 0 Å². The van der Waals surface area contributed by atoms with Gasteiger partial charge >= 0.3 is 12.4 Å². The summed E-state index contributed by atoms with van der Waals surface area (Å²) in [6, 6.07) is 0. The highest BCUT2D eigenvalue weighted by Gasteiger charge is 2.22. The minimum absolute atomic E-state index is 0.0412. The van der Waals surface area contributed by atoms with Gasteiger partial charge in [-0.3, -0.25) is 0 Å². The topological polar surface area (TPSA) is 9.23 Å². The van der Waals surface area contributed by atoms with Crippen molar-refractivity contribution in [1.82, 2.24) is 0 Å². The second-order valence-corrected chi connectivity index (χ2v) is 2.43. The monoisotopic (exact) mass is 234 g/mol. The van der Waals surface area contributed by atoms with Crippen LogP contribution in [0, 0.1) is 0 Å². The number of hydrogen-bond acceptors (Lipinski definition) is 1. The van der Waals surface area contributed by atoms with E-state index < -0.39 is 12.4 Å². The van der Waals surface area contributed by atoms with Gasteiger partial charge in [0.1, 0.15) is 0 Å². The summed E-state index contributed by atoms with van der Waals surface area (Å²) in [5.41, 5.74) is 0. The predicted octanol–water partition coefficient (Wildman–Crippen LogP) is 3.24. The van der Waals surface area contributed by atoms with Gasteiger partial charge in [-0.2, -0.15) is 26.3 Å². The van der Waals surface area contributed by atoms with Crippen LogP contribution in [0.4, 0.5) is 26.3 Å². The molecule has 0 N–H and O–H groups in total. The molecule has 7 heteroatoms. The van der Waals surface area contributed by atoms with Gasteiger partial charge in [0, 0.05) is 12.2 Å². The Kier molecular flexibility index (Phi) is 5.41. The van der Waals surface area contributed by atoms with Crippen LogP contribution in [-0.2, 0) is 4.74 Å². The van der Waals surface area contributed by atoms with Crippen molar-refractivity contribution in [2.24, 2.45) is 0 Å². The van der Waals surface area contributed by atoms with Crippen LogP contribution in [0.1, 0.15) is 0 Å². The molecule has 0 rings (SSSR count). The molecule has 0 aliphatic rings. The van der Waals surface area contributed by atoms with Gasteiger partial charge in [-0.1, -0.05) is 12.2 Å². The molecule has 0 heterocycles. The molecule has 0 radical (unpaired) electrons. The Morgan fingerprint density at radius 1 is 0.733 bits per heavy atom. The molecule has 0 atom stereocenters. The number of rotatable bonds is 4. The van der Waals surface area contributed by atoms with E-state index in [0.717, 1.165) is 0 Å². The van der Waals surface area contributed by atoms with E-state index in [0.29, 0.717) is 12.2 Å². The summed E-state index contributed by atoms with van der Waals surface area (Å²) in [4.78, 5) is 0. The van der Waals surface area contributed by atoms with E-state index >= 15 is 0 Å². The molecule has 88 valence electrons. The normalized spacial score (nSPS) is 14.3. The lowest BCUT2D eigenvalue weighted by Crippen LogP contribution is -2.03. The molecule has 0 aromatic carbocycles. The van der Waals surface area contributed by atoms with Crippen molar-refractivity contribution in [2.45, 2.75) is 12.4 Å². The SMILES string of the molecule is FC(F)(F)C=CCOCC=CC(F)(F)F. The van der Waals surface area contributed by atoms with E-state index in [-0.39, 0.29) is 25.4 Å². The zero-order valence-corrected chi connectivity index (χ0v) is 7.40. The van der Waals surface area contributed by atoms with E-state index in [9.17, 15) is 26.3 Å². The van der Waals surface area contributed by atoms with Crippen LogP contribution in [-0.4, -0.2) is 25.6 Å². The first-order valence-corrected chi connectivity index (χ1v) is 3.77. The average Bonchev–Trinajstić information content (AvgIpc) is 1.98. The first-order chi connectivity index (χ1) is 6.71. The van der Waals surface area contributed by atoms with E-state index in [1.165, 1.54) is 0 Å². The maximum absolute atomic E-state index is 11.5. The Morgan fingerprint density at radius 2 is 1.07 bits per heavy atom. The highest BCUT2D eigenvalue weighted by atomic mass is 19.4. The van der Waals surface area contributed by atoms with Gasteiger partial charge in [-0.05, 0) is 0 Å². The molecular weight excluding hydrogens is 226 g/mol. The lowest BCUT2D eigenvalue weighted by atomic mass is 10.5. The Balaban J connectivity index is 3.57. The predicted molar refractivity (Wildman–Crippen MR) is 41.2 cm³/mol. The van der Waals surface area contributed by atoms with Crippen molar-refractivity contribution < 1.29 is 31.1 Å². The lowest BCUT2D eigenvalue weighted by Gasteiger charge is -1.99. The van der Waals surface area contributed by atoms with Gasteiger partial charge in [0.25, 0.3) is 0 Å². The molecule has 0 fully saturated rings. The second kappa shape index (κ2) is 5.79. The van der Waals surface area contributed by atoms with Crippen molar-refractivity contribution in [3.8, 4) is 0 Å². The van der Waals surface area contributed by atoms with Crippen LogP contribution < -0.4 is 0 Å². The van der Waals surface area contributed by atoms with Gasteiger partial charge in [0.05, 0.1) is 13.2 Å². The quantitative estimate of drug-likeness (QED) is 0.412. The van der Waals surface area contributed by atoms with Crippen LogP contribution in [0.25, 0.3) is 0 Å². The number of ether oxygens (including phenoxy) is 1. The van der Waals surface area contributed by atoms with Crippen LogP contribution in [0.3, 0.4) is 0 Å². The minimum atomic E-state index is -4.43. The third kappa shape index (κ3) is 13.0. The van der Waals surface area contributed by atoms with E-state index in [4.69, 9.17) is 0 Å². The fourth-order valence-corrected chi connectivity index (χ4v) is 0.568. The molecule has 0 aliphatic carbocycles. The zero-order valence-electron chi connectivity index (χ0n) is 7.40. The molecule has 0 bridgehead atoms. The van der Waals surface area contributed by atoms with E-state index in [1.807, 2.05) is 0 Å². The highest BCUT2D eigenvalue weighted by Crippen LogP contribution is 2.16. The number of allylic oxidation sites excluding steroid dienone is 2. The van der Waals surface area contributed by atoms with Gasteiger partial charge in [-0.25, -0.2) is 0 Å². The molecule has 1 nitrogen and oxygen atoms in total. The summed E-state index contributed by atoms with van der Waals surface area (Å²) < 4.78 is 73.3. The fraction of sp³-hybridized carbons (Fsp3) is 0.500. The molecule has 0 saturated carbocycles.